The van der Waals surface area contributed by atoms with E-state index in [1.165, 1.54) is 26.6 Å². The van der Waals surface area contributed by atoms with Crippen LogP contribution >= 0.6 is 11.3 Å². The Labute approximate surface area is 167 Å². The molecule has 2 aromatic carbocycles. The molecule has 1 aliphatic rings. The first-order valence-corrected chi connectivity index (χ1v) is 9.97. The smallest absolute Gasteiger partial charge is 0.123 e. The van der Waals surface area contributed by atoms with Crippen molar-refractivity contribution >= 4 is 28.0 Å². The third-order valence-corrected chi connectivity index (χ3v) is 6.10. The average molecular weight is 382 g/mol. The molecule has 0 saturated carbocycles. The van der Waals surface area contributed by atoms with Gasteiger partial charge in [-0.2, -0.15) is 0 Å². The van der Waals surface area contributed by atoms with Crippen LogP contribution in [-0.2, 0) is 0 Å². The highest BCUT2D eigenvalue weighted by atomic mass is 32.1. The molecule has 0 atom stereocenters. The first-order valence-electron chi connectivity index (χ1n) is 9.15. The molecule has 3 nitrogen and oxygen atoms in total. The Hall–Kier alpha value is -3.37. The Morgan fingerprint density at radius 3 is 2.50 bits per heavy atom. The Kier molecular flexibility index (Phi) is 4.18. The van der Waals surface area contributed by atoms with Gasteiger partial charge in [-0.1, -0.05) is 48.5 Å². The minimum absolute atomic E-state index is 0.305. The second kappa shape index (κ2) is 6.98. The van der Waals surface area contributed by atoms with Crippen molar-refractivity contribution in [1.82, 2.24) is 4.98 Å². The summed E-state index contributed by atoms with van der Waals surface area (Å²) in [6.07, 6.45) is 5.95. The van der Waals surface area contributed by atoms with E-state index in [4.69, 9.17) is 0 Å². The van der Waals surface area contributed by atoms with Crippen LogP contribution in [0.1, 0.15) is 11.1 Å². The molecule has 2 aromatic heterocycles. The molecule has 0 aliphatic carbocycles. The number of aromatic hydroxyl groups is 1. The number of hydrogen-bond donors (Lipinski definition) is 2. The predicted octanol–water partition coefficient (Wildman–Crippen LogP) is 6.15. The van der Waals surface area contributed by atoms with Crippen LogP contribution in [0.3, 0.4) is 0 Å². The highest BCUT2D eigenvalue weighted by Crippen LogP contribution is 2.40. The van der Waals surface area contributed by atoms with Crippen LogP contribution < -0.4 is 5.32 Å². The van der Waals surface area contributed by atoms with Gasteiger partial charge in [0.25, 0.3) is 0 Å². The van der Waals surface area contributed by atoms with Gasteiger partial charge in [0, 0.05) is 34.9 Å². The van der Waals surface area contributed by atoms with E-state index in [2.05, 4.69) is 52.8 Å². The highest BCUT2D eigenvalue weighted by Gasteiger charge is 2.15. The maximum Gasteiger partial charge on any atom is 0.123 e. The number of benzene rings is 2. The number of pyridine rings is 1. The monoisotopic (exact) mass is 382 g/mol. The molecule has 0 amide bonds. The SMILES string of the molecule is Oc1ccccc1-c1ccc(-c2cc3c(s2)NCC(c2cccnc2)=C3)cc1. The van der Waals surface area contributed by atoms with Crippen LogP contribution in [0.25, 0.3) is 33.2 Å². The van der Waals surface area contributed by atoms with Gasteiger partial charge in [-0.15, -0.1) is 11.3 Å². The van der Waals surface area contributed by atoms with Crippen LogP contribution in [0.4, 0.5) is 5.00 Å². The van der Waals surface area contributed by atoms with Crippen LogP contribution in [-0.4, -0.2) is 16.6 Å². The normalized spacial score (nSPS) is 12.8. The zero-order valence-electron chi connectivity index (χ0n) is 15.1. The van der Waals surface area contributed by atoms with E-state index in [1.807, 2.05) is 30.5 Å². The van der Waals surface area contributed by atoms with Crippen molar-refractivity contribution in [2.45, 2.75) is 0 Å². The molecule has 0 spiro atoms. The minimum atomic E-state index is 0.305. The van der Waals surface area contributed by atoms with E-state index in [9.17, 15) is 5.11 Å². The number of fused-ring (bicyclic) bond motifs is 1. The molecule has 3 heterocycles. The van der Waals surface area contributed by atoms with Crippen LogP contribution in [0, 0.1) is 0 Å². The van der Waals surface area contributed by atoms with Gasteiger partial charge in [-0.25, -0.2) is 0 Å². The molecular formula is C24H18N2OS. The average Bonchev–Trinajstić information content (AvgIpc) is 3.18. The van der Waals surface area contributed by atoms with Crippen LogP contribution in [0.5, 0.6) is 5.75 Å². The van der Waals surface area contributed by atoms with Crippen molar-refractivity contribution in [2.75, 3.05) is 11.9 Å². The van der Waals surface area contributed by atoms with Crippen molar-refractivity contribution in [1.29, 1.82) is 0 Å². The number of aromatic nitrogens is 1. The number of nitrogens with zero attached hydrogens (tertiary/aromatic N) is 1. The maximum atomic E-state index is 10.1. The number of phenolic OH excluding ortho intramolecular Hbond substituents is 1. The molecule has 0 radical (unpaired) electrons. The summed E-state index contributed by atoms with van der Waals surface area (Å²) in [4.78, 5) is 5.45. The molecule has 136 valence electrons. The molecule has 0 fully saturated rings. The Morgan fingerprint density at radius 2 is 1.71 bits per heavy atom. The fraction of sp³-hybridized carbons (Fsp3) is 0.0417. The number of rotatable bonds is 3. The number of nitrogens with one attached hydrogen (secondary N) is 1. The lowest BCUT2D eigenvalue weighted by Gasteiger charge is -2.15. The third-order valence-electron chi connectivity index (χ3n) is 4.95. The molecule has 4 aromatic rings. The van der Waals surface area contributed by atoms with Gasteiger partial charge in [0.15, 0.2) is 0 Å². The molecular weight excluding hydrogens is 364 g/mol. The Balaban J connectivity index is 1.45. The zero-order valence-corrected chi connectivity index (χ0v) is 15.9. The number of hydrogen-bond acceptors (Lipinski definition) is 4. The molecule has 2 N–H and O–H groups in total. The number of thiophene rings is 1. The van der Waals surface area contributed by atoms with Crippen molar-refractivity contribution in [3.63, 3.8) is 0 Å². The molecule has 5 rings (SSSR count). The predicted molar refractivity (Wildman–Crippen MR) is 117 cm³/mol. The van der Waals surface area contributed by atoms with Gasteiger partial charge < -0.3 is 10.4 Å². The number of phenols is 1. The van der Waals surface area contributed by atoms with Crippen molar-refractivity contribution < 1.29 is 5.11 Å². The van der Waals surface area contributed by atoms with Gasteiger partial charge in [-0.05, 0) is 46.5 Å². The molecule has 1 aliphatic heterocycles. The lowest BCUT2D eigenvalue weighted by atomic mass is 10.0. The first kappa shape index (κ1) is 16.8. The van der Waals surface area contributed by atoms with E-state index in [0.717, 1.165) is 23.2 Å². The molecule has 0 unspecified atom stereocenters. The second-order valence-electron chi connectivity index (χ2n) is 6.75. The quantitative estimate of drug-likeness (QED) is 0.447. The van der Waals surface area contributed by atoms with Gasteiger partial charge >= 0.3 is 0 Å². The van der Waals surface area contributed by atoms with E-state index in [-0.39, 0.29) is 0 Å². The lowest BCUT2D eigenvalue weighted by Crippen LogP contribution is -2.07. The second-order valence-corrected chi connectivity index (χ2v) is 7.81. The summed E-state index contributed by atoms with van der Waals surface area (Å²) >= 11 is 1.77. The summed E-state index contributed by atoms with van der Waals surface area (Å²) in [6.45, 7) is 0.810. The summed E-state index contributed by atoms with van der Waals surface area (Å²) in [5, 5.41) is 14.8. The molecule has 0 bridgehead atoms. The number of anilines is 1. The summed E-state index contributed by atoms with van der Waals surface area (Å²) in [5.41, 5.74) is 6.66. The largest absolute Gasteiger partial charge is 0.507 e. The van der Waals surface area contributed by atoms with E-state index < -0.39 is 0 Å². The van der Waals surface area contributed by atoms with E-state index in [1.54, 1.807) is 23.6 Å². The van der Waals surface area contributed by atoms with Gasteiger partial charge in [-0.3, -0.25) is 4.98 Å². The molecule has 4 heteroatoms. The molecule has 28 heavy (non-hydrogen) atoms. The van der Waals surface area contributed by atoms with Crippen molar-refractivity contribution in [3.8, 4) is 27.3 Å². The number of para-hydroxylation sites is 1. The summed E-state index contributed by atoms with van der Waals surface area (Å²) in [7, 11) is 0. The van der Waals surface area contributed by atoms with Crippen LogP contribution in [0.15, 0.2) is 79.1 Å². The summed E-state index contributed by atoms with van der Waals surface area (Å²) < 4.78 is 0. The topological polar surface area (TPSA) is 45.1 Å². The Bertz CT molecular complexity index is 1160. The third kappa shape index (κ3) is 3.08. The Morgan fingerprint density at radius 1 is 0.893 bits per heavy atom. The van der Waals surface area contributed by atoms with Gasteiger partial charge in [0.2, 0.25) is 0 Å². The van der Waals surface area contributed by atoms with Crippen LogP contribution in [0.2, 0.25) is 0 Å². The first-order chi connectivity index (χ1) is 13.8. The molecule has 0 saturated heterocycles. The van der Waals surface area contributed by atoms with Gasteiger partial charge in [0.1, 0.15) is 5.75 Å². The van der Waals surface area contributed by atoms with Crippen molar-refractivity contribution in [3.05, 3.63) is 90.3 Å². The zero-order chi connectivity index (χ0) is 18.9. The summed E-state index contributed by atoms with van der Waals surface area (Å²) in [5.74, 6) is 0.305. The fourth-order valence-electron chi connectivity index (χ4n) is 3.48. The van der Waals surface area contributed by atoms with E-state index in [0.29, 0.717) is 5.75 Å². The lowest BCUT2D eigenvalue weighted by molar-refractivity contribution is 0.477. The van der Waals surface area contributed by atoms with Gasteiger partial charge in [0.05, 0.1) is 5.00 Å². The minimum Gasteiger partial charge on any atom is -0.507 e. The highest BCUT2D eigenvalue weighted by molar-refractivity contribution is 7.19. The standard InChI is InChI=1S/C24H18N2OS/c27-22-6-2-1-5-21(22)16-7-9-17(10-8-16)23-13-19-12-20(15-26-24(19)28-23)18-4-3-11-25-14-18/h1-14,26-27H,15H2. The summed E-state index contributed by atoms with van der Waals surface area (Å²) in [6, 6.07) is 22.1. The van der Waals surface area contributed by atoms with Crippen molar-refractivity contribution in [2.24, 2.45) is 0 Å². The maximum absolute atomic E-state index is 10.1. The fourth-order valence-corrected chi connectivity index (χ4v) is 4.52. The van der Waals surface area contributed by atoms with E-state index >= 15 is 0 Å².